The Kier molecular flexibility index (Phi) is 5.18. The summed E-state index contributed by atoms with van der Waals surface area (Å²) in [6.45, 7) is 1.15. The molecule has 23 heavy (non-hydrogen) atoms. The van der Waals surface area contributed by atoms with E-state index in [0.29, 0.717) is 5.75 Å². The molecule has 0 heterocycles. The van der Waals surface area contributed by atoms with E-state index in [4.69, 9.17) is 16.3 Å². The van der Waals surface area contributed by atoms with Crippen molar-refractivity contribution < 1.29 is 23.9 Å². The molecule has 5 nitrogen and oxygen atoms in total. The Morgan fingerprint density at radius 3 is 2.57 bits per heavy atom. The van der Waals surface area contributed by atoms with Gasteiger partial charge in [0, 0.05) is 18.6 Å². The maximum absolute atomic E-state index is 14.1. The van der Waals surface area contributed by atoms with Crippen LogP contribution >= 0.6 is 11.6 Å². The van der Waals surface area contributed by atoms with Gasteiger partial charge in [-0.05, 0) is 18.2 Å². The van der Waals surface area contributed by atoms with Gasteiger partial charge in [0.05, 0.1) is 17.7 Å². The number of rotatable bonds is 4. The minimum absolute atomic E-state index is 0.0242. The number of hydrogen-bond donors (Lipinski definition) is 1. The van der Waals surface area contributed by atoms with Crippen LogP contribution in [0.5, 0.6) is 11.5 Å². The minimum atomic E-state index is -0.692. The number of ether oxygens (including phenoxy) is 1. The summed E-state index contributed by atoms with van der Waals surface area (Å²) in [5, 5.41) is 13.9. The first-order valence-corrected chi connectivity index (χ1v) is 6.89. The summed E-state index contributed by atoms with van der Waals surface area (Å²) in [4.78, 5) is 15.6. The third-order valence-electron chi connectivity index (χ3n) is 2.91. The Morgan fingerprint density at radius 2 is 2.00 bits per heavy atom. The van der Waals surface area contributed by atoms with Gasteiger partial charge in [0.1, 0.15) is 23.0 Å². The highest BCUT2D eigenvalue weighted by Gasteiger charge is 2.21. The van der Waals surface area contributed by atoms with Crippen molar-refractivity contribution in [1.82, 2.24) is 0 Å². The van der Waals surface area contributed by atoms with E-state index < -0.39 is 11.8 Å². The number of halogens is 2. The van der Waals surface area contributed by atoms with Crippen LogP contribution in [0.4, 0.5) is 4.39 Å². The monoisotopic (exact) mass is 337 g/mol. The molecule has 0 saturated heterocycles. The predicted molar refractivity (Wildman–Crippen MR) is 83.5 cm³/mol. The van der Waals surface area contributed by atoms with Crippen molar-refractivity contribution in [1.29, 1.82) is 0 Å². The number of phenols is 1. The Hall–Kier alpha value is -2.60. The number of methoxy groups -OCH3 is 1. The molecule has 0 aromatic heterocycles. The quantitative estimate of drug-likeness (QED) is 0.526. The van der Waals surface area contributed by atoms with Gasteiger partial charge in [-0.2, -0.15) is 0 Å². The van der Waals surface area contributed by atoms with Crippen LogP contribution in [-0.4, -0.2) is 23.9 Å². The van der Waals surface area contributed by atoms with Crippen LogP contribution in [0.15, 0.2) is 41.6 Å². The third-order valence-corrected chi connectivity index (χ3v) is 3.21. The van der Waals surface area contributed by atoms with Crippen molar-refractivity contribution in [3.8, 4) is 11.5 Å². The molecule has 0 aliphatic carbocycles. The summed E-state index contributed by atoms with van der Waals surface area (Å²) in [5.41, 5.74) is -0.0570. The lowest BCUT2D eigenvalue weighted by Gasteiger charge is -2.12. The van der Waals surface area contributed by atoms with E-state index in [-0.39, 0.29) is 27.6 Å². The molecule has 7 heteroatoms. The molecule has 0 aliphatic rings. The summed E-state index contributed by atoms with van der Waals surface area (Å²) < 4.78 is 19.1. The normalized spacial score (nSPS) is 11.2. The summed E-state index contributed by atoms with van der Waals surface area (Å²) in [6.07, 6.45) is 0. The van der Waals surface area contributed by atoms with Gasteiger partial charge in [-0.25, -0.2) is 9.18 Å². The average molecular weight is 338 g/mol. The highest BCUT2D eigenvalue weighted by Crippen LogP contribution is 2.34. The van der Waals surface area contributed by atoms with Crippen molar-refractivity contribution >= 4 is 23.3 Å². The molecule has 0 radical (unpaired) electrons. The van der Waals surface area contributed by atoms with E-state index in [9.17, 15) is 14.3 Å². The second-order valence-electron chi connectivity index (χ2n) is 4.51. The van der Waals surface area contributed by atoms with Crippen LogP contribution in [-0.2, 0) is 9.63 Å². The summed E-state index contributed by atoms with van der Waals surface area (Å²) in [6, 6.07) is 8.45. The number of phenolic OH excluding ortho intramolecular Hbond substituents is 1. The largest absolute Gasteiger partial charge is 0.507 e. The van der Waals surface area contributed by atoms with Crippen molar-refractivity contribution in [3.05, 3.63) is 58.4 Å². The lowest BCUT2D eigenvalue weighted by Crippen LogP contribution is -2.09. The zero-order valence-electron chi connectivity index (χ0n) is 12.3. The van der Waals surface area contributed by atoms with Gasteiger partial charge in [0.15, 0.2) is 0 Å². The Balaban J connectivity index is 2.67. The van der Waals surface area contributed by atoms with Crippen molar-refractivity contribution in [2.45, 2.75) is 6.92 Å². The van der Waals surface area contributed by atoms with E-state index in [0.717, 1.165) is 6.92 Å². The lowest BCUT2D eigenvalue weighted by molar-refractivity contribution is -0.140. The van der Waals surface area contributed by atoms with E-state index >= 15 is 0 Å². The van der Waals surface area contributed by atoms with Crippen molar-refractivity contribution in [3.63, 3.8) is 0 Å². The molecule has 0 bridgehead atoms. The zero-order chi connectivity index (χ0) is 17.0. The van der Waals surface area contributed by atoms with Gasteiger partial charge in [0.25, 0.3) is 0 Å². The van der Waals surface area contributed by atoms with Gasteiger partial charge in [-0.1, -0.05) is 28.9 Å². The molecule has 0 aliphatic heterocycles. The Morgan fingerprint density at radius 1 is 1.30 bits per heavy atom. The molecule has 120 valence electrons. The van der Waals surface area contributed by atoms with Crippen molar-refractivity contribution in [2.24, 2.45) is 5.16 Å². The van der Waals surface area contributed by atoms with Crippen LogP contribution in [0.25, 0.3) is 0 Å². The highest BCUT2D eigenvalue weighted by atomic mass is 35.5. The summed E-state index contributed by atoms with van der Waals surface area (Å²) in [5.74, 6) is -1.27. The van der Waals surface area contributed by atoms with E-state index in [1.54, 1.807) is 6.07 Å². The maximum atomic E-state index is 14.1. The number of benzene rings is 2. The van der Waals surface area contributed by atoms with Gasteiger partial charge in [-0.3, -0.25) is 0 Å². The molecule has 1 N–H and O–H groups in total. The molecule has 2 rings (SSSR count). The molecule has 0 atom stereocenters. The molecule has 2 aromatic rings. The van der Waals surface area contributed by atoms with Crippen LogP contribution < -0.4 is 4.74 Å². The average Bonchev–Trinajstić information content (AvgIpc) is 2.50. The minimum Gasteiger partial charge on any atom is -0.507 e. The second-order valence-corrected chi connectivity index (χ2v) is 4.91. The molecule has 0 saturated carbocycles. The zero-order valence-corrected chi connectivity index (χ0v) is 13.1. The topological polar surface area (TPSA) is 68.1 Å². The van der Waals surface area contributed by atoms with Crippen LogP contribution in [0.2, 0.25) is 5.02 Å². The molecule has 0 spiro atoms. The standard InChI is InChI=1S/C16H13ClFNO4/c1-9(20)23-19-16(11-5-3-4-6-13(11)18)15-12(17)7-10(22-2)8-14(15)21/h3-8,21H,1-2H3/b19-16+. The molecule has 0 fully saturated rings. The maximum Gasteiger partial charge on any atom is 0.332 e. The number of nitrogens with zero attached hydrogens (tertiary/aromatic N) is 1. The number of hydrogen-bond acceptors (Lipinski definition) is 5. The first-order valence-electron chi connectivity index (χ1n) is 6.51. The van der Waals surface area contributed by atoms with Crippen molar-refractivity contribution in [2.75, 3.05) is 7.11 Å². The lowest BCUT2D eigenvalue weighted by atomic mass is 10.0. The Bertz CT molecular complexity index is 753. The molecule has 0 unspecified atom stereocenters. The summed E-state index contributed by atoms with van der Waals surface area (Å²) in [7, 11) is 1.41. The third kappa shape index (κ3) is 3.78. The predicted octanol–water partition coefficient (Wildman–Crippen LogP) is 3.51. The highest BCUT2D eigenvalue weighted by molar-refractivity contribution is 6.36. The molecule has 0 amide bonds. The first kappa shape index (κ1) is 16.8. The first-order chi connectivity index (χ1) is 10.9. The fraction of sp³-hybridized carbons (Fsp3) is 0.125. The van der Waals surface area contributed by atoms with Crippen LogP contribution in [0, 0.1) is 5.82 Å². The molecular formula is C16H13ClFNO4. The molecule has 2 aromatic carbocycles. The fourth-order valence-electron chi connectivity index (χ4n) is 1.91. The smallest absolute Gasteiger partial charge is 0.332 e. The Labute approximate surface area is 136 Å². The van der Waals surface area contributed by atoms with E-state index in [1.165, 1.54) is 37.4 Å². The number of carbonyl (C=O) groups excluding carboxylic acids is 1. The van der Waals surface area contributed by atoms with Crippen LogP contribution in [0.1, 0.15) is 18.1 Å². The summed E-state index contributed by atoms with van der Waals surface area (Å²) >= 11 is 6.14. The number of aromatic hydroxyl groups is 1. The second kappa shape index (κ2) is 7.11. The van der Waals surface area contributed by atoms with Crippen LogP contribution in [0.3, 0.4) is 0 Å². The van der Waals surface area contributed by atoms with Gasteiger partial charge >= 0.3 is 5.97 Å². The van der Waals surface area contributed by atoms with Gasteiger partial charge < -0.3 is 14.7 Å². The van der Waals surface area contributed by atoms with E-state index in [1.807, 2.05) is 0 Å². The number of oxime groups is 1. The fourth-order valence-corrected chi connectivity index (χ4v) is 2.21. The molecular weight excluding hydrogens is 325 g/mol. The number of carbonyl (C=O) groups is 1. The van der Waals surface area contributed by atoms with E-state index in [2.05, 4.69) is 9.99 Å². The van der Waals surface area contributed by atoms with Gasteiger partial charge in [-0.15, -0.1) is 0 Å². The SMILES string of the molecule is COc1cc(O)c(/C(=N/OC(C)=O)c2ccccc2F)c(Cl)c1. The van der Waals surface area contributed by atoms with Gasteiger partial charge in [0.2, 0.25) is 0 Å².